The number of hydrogen-bond donors (Lipinski definition) is 1. The van der Waals surface area contributed by atoms with Gasteiger partial charge >= 0.3 is 0 Å². The molecule has 1 nitrogen and oxygen atoms in total. The van der Waals surface area contributed by atoms with E-state index < -0.39 is 0 Å². The van der Waals surface area contributed by atoms with Crippen LogP contribution in [0.4, 0.5) is 0 Å². The van der Waals surface area contributed by atoms with Crippen LogP contribution in [0, 0.1) is 0 Å². The van der Waals surface area contributed by atoms with E-state index in [-0.39, 0.29) is 58.8 Å². The summed E-state index contributed by atoms with van der Waals surface area (Å²) in [6.45, 7) is 0. The number of nitrogens with one attached hydrogen (secondary N) is 1. The van der Waals surface area contributed by atoms with E-state index in [4.69, 9.17) is 0 Å². The van der Waals surface area contributed by atoms with Crippen LogP contribution < -0.4 is 41.7 Å². The summed E-state index contributed by atoms with van der Waals surface area (Å²) in [7, 11) is 3.75. The molecule has 0 aliphatic carbocycles. The van der Waals surface area contributed by atoms with Crippen LogP contribution in [0.25, 0.3) is 0 Å². The van der Waals surface area contributed by atoms with E-state index in [9.17, 15) is 0 Å². The summed E-state index contributed by atoms with van der Waals surface area (Å²) in [5.74, 6) is 0. The van der Waals surface area contributed by atoms with Gasteiger partial charge in [0.2, 0.25) is 0 Å². The molecule has 0 heterocycles. The average Bonchev–Trinajstić information content (AvgIpc) is 0.918. The molecule has 0 saturated carbocycles. The average molecular weight is 315 g/mol. The molecule has 6 heavy (non-hydrogen) atoms. The minimum absolute atomic E-state index is 0. The first kappa shape index (κ1) is 25.2. The maximum atomic E-state index is 2.75. The van der Waals surface area contributed by atoms with Crippen molar-refractivity contribution >= 4 is 0 Å². The molecule has 0 unspecified atom stereocenters. The second kappa shape index (κ2) is 29.7. The predicted molar refractivity (Wildman–Crippen MR) is 15.0 cm³/mol. The van der Waals surface area contributed by atoms with Crippen molar-refractivity contribution < 1.29 is 58.8 Å². The second-order valence-electron chi connectivity index (χ2n) is 0.500. The monoisotopic (exact) mass is 314 g/mol. The van der Waals surface area contributed by atoms with Gasteiger partial charge in [0.05, 0.1) is 0 Å². The Labute approximate surface area is 77.6 Å². The third-order valence-electron chi connectivity index (χ3n) is 0. The van der Waals surface area contributed by atoms with Crippen molar-refractivity contribution in [1.82, 2.24) is 5.32 Å². The summed E-state index contributed by atoms with van der Waals surface area (Å²) < 4.78 is 0. The molecular weight excluding hydrogens is 308 g/mol. The topological polar surface area (TPSA) is 12.0 Å². The second-order valence-corrected chi connectivity index (χ2v) is 0.500. The molecule has 0 aromatic heterocycles. The number of hydrogen-bond acceptors (Lipinski definition) is 1. The normalized spacial score (nSPS) is 3.00. The minimum atomic E-state index is 0. The molecule has 1 N–H and O–H groups in total. The maximum absolute atomic E-state index is 2.75. The fraction of sp³-hybridized carbons (Fsp3) is 1.00. The van der Waals surface area contributed by atoms with Gasteiger partial charge in [-0.05, 0) is 14.1 Å². The van der Waals surface area contributed by atoms with Gasteiger partial charge in [0.25, 0.3) is 0 Å². The van der Waals surface area contributed by atoms with Crippen LogP contribution in [0.3, 0.4) is 0 Å². The molecule has 0 fully saturated rings. The van der Waals surface area contributed by atoms with Gasteiger partial charge < -0.3 is 41.7 Å². The molecule has 0 bridgehead atoms. The summed E-state index contributed by atoms with van der Waals surface area (Å²) >= 11 is 0. The van der Waals surface area contributed by atoms with Gasteiger partial charge in [-0.1, -0.05) is 0 Å². The molecule has 0 rings (SSSR count). The van der Waals surface area contributed by atoms with Gasteiger partial charge in [-0.2, -0.15) is 0 Å². The largest absolute Gasteiger partial charge is 1.00 e. The zero-order chi connectivity index (χ0) is 2.71. The third-order valence-corrected chi connectivity index (χ3v) is 0. The van der Waals surface area contributed by atoms with Crippen LogP contribution in [0.5, 0.6) is 0 Å². The maximum Gasteiger partial charge on any atom is 0 e. The Balaban J connectivity index is -0.00000000667. The van der Waals surface area contributed by atoms with Crippen molar-refractivity contribution in [3.63, 3.8) is 0 Å². The van der Waals surface area contributed by atoms with Crippen LogP contribution in [-0.2, 0) is 22.4 Å². The van der Waals surface area contributed by atoms with Gasteiger partial charge in [0.1, 0.15) is 0 Å². The third kappa shape index (κ3) is 43.1. The first-order valence-electron chi connectivity index (χ1n) is 1.00. The molecular formula is C2H7AgClIN-2. The van der Waals surface area contributed by atoms with Gasteiger partial charge in [0, 0.05) is 22.4 Å². The standard InChI is InChI=1S/C2H7N.Ag.ClH.HI/c1-3-2;;;/h3H,1-2H3;;2*1H/p-2. The Kier molecular flexibility index (Phi) is 125. The number of rotatable bonds is 0. The fourth-order valence-corrected chi connectivity index (χ4v) is 0. The van der Waals surface area contributed by atoms with Crippen molar-refractivity contribution in [2.24, 2.45) is 0 Å². The van der Waals surface area contributed by atoms with E-state index in [1.54, 1.807) is 0 Å². The molecule has 4 heteroatoms. The van der Waals surface area contributed by atoms with E-state index in [0.29, 0.717) is 0 Å². The summed E-state index contributed by atoms with van der Waals surface area (Å²) in [4.78, 5) is 0. The van der Waals surface area contributed by atoms with Crippen molar-refractivity contribution in [1.29, 1.82) is 0 Å². The number of halogens is 2. The molecule has 0 spiro atoms. The molecule has 0 aromatic carbocycles. The van der Waals surface area contributed by atoms with E-state index in [1.807, 2.05) is 14.1 Å². The SMILES string of the molecule is CNC.[Ag].[Cl-].[I-]. The Hall–Kier alpha value is 1.72. The smallest absolute Gasteiger partial charge is 0 e. The van der Waals surface area contributed by atoms with Crippen molar-refractivity contribution in [3.8, 4) is 0 Å². The molecule has 0 atom stereocenters. The Morgan fingerprint density at radius 2 is 1.17 bits per heavy atom. The van der Waals surface area contributed by atoms with Crippen LogP contribution in [0.1, 0.15) is 0 Å². The van der Waals surface area contributed by atoms with E-state index in [1.165, 1.54) is 0 Å². The summed E-state index contributed by atoms with van der Waals surface area (Å²) in [5.41, 5.74) is 0. The minimum Gasteiger partial charge on any atom is -1.00 e. The van der Waals surface area contributed by atoms with Crippen LogP contribution in [0.2, 0.25) is 0 Å². The van der Waals surface area contributed by atoms with Crippen molar-refractivity contribution in [2.75, 3.05) is 14.1 Å². The molecule has 0 amide bonds. The molecule has 0 aromatic rings. The fourth-order valence-electron chi connectivity index (χ4n) is 0. The van der Waals surface area contributed by atoms with Gasteiger partial charge in [-0.25, -0.2) is 0 Å². The zero-order valence-electron chi connectivity index (χ0n) is 3.56. The Morgan fingerprint density at radius 3 is 1.17 bits per heavy atom. The van der Waals surface area contributed by atoms with Crippen LogP contribution in [0.15, 0.2) is 0 Å². The predicted octanol–water partition coefficient (Wildman–Crippen LogP) is -6.16. The quantitative estimate of drug-likeness (QED) is 0.347. The first-order chi connectivity index (χ1) is 1.41. The Morgan fingerprint density at radius 1 is 1.17 bits per heavy atom. The van der Waals surface area contributed by atoms with Crippen molar-refractivity contribution in [3.05, 3.63) is 0 Å². The first-order valence-corrected chi connectivity index (χ1v) is 1.00. The molecule has 0 aliphatic heterocycles. The summed E-state index contributed by atoms with van der Waals surface area (Å²) in [6.07, 6.45) is 0. The molecule has 0 aliphatic rings. The summed E-state index contributed by atoms with van der Waals surface area (Å²) in [6, 6.07) is 0. The van der Waals surface area contributed by atoms with Gasteiger partial charge in [-0.15, -0.1) is 0 Å². The Bertz CT molecular complexity index is 13.5. The van der Waals surface area contributed by atoms with Crippen LogP contribution >= 0.6 is 0 Å². The van der Waals surface area contributed by atoms with Gasteiger partial charge in [0.15, 0.2) is 0 Å². The van der Waals surface area contributed by atoms with E-state index in [0.717, 1.165) is 0 Å². The molecule has 0 saturated heterocycles. The van der Waals surface area contributed by atoms with Crippen molar-refractivity contribution in [2.45, 2.75) is 0 Å². The van der Waals surface area contributed by atoms with E-state index in [2.05, 4.69) is 5.32 Å². The van der Waals surface area contributed by atoms with E-state index >= 15 is 0 Å². The summed E-state index contributed by atoms with van der Waals surface area (Å²) in [5, 5.41) is 2.75. The zero-order valence-corrected chi connectivity index (χ0v) is 7.95. The van der Waals surface area contributed by atoms with Gasteiger partial charge in [-0.3, -0.25) is 0 Å². The molecule has 47 valence electrons. The molecule has 1 radical (unpaired) electrons. The van der Waals surface area contributed by atoms with Crippen LogP contribution in [-0.4, -0.2) is 14.1 Å².